The summed E-state index contributed by atoms with van der Waals surface area (Å²) >= 11 is 5.18. The average Bonchev–Trinajstić information content (AvgIpc) is 3.85. The summed E-state index contributed by atoms with van der Waals surface area (Å²) in [7, 11) is 3.28. The van der Waals surface area contributed by atoms with Gasteiger partial charge in [0.05, 0.1) is 78.8 Å². The lowest BCUT2D eigenvalue weighted by Crippen LogP contribution is -1.97. The Morgan fingerprint density at radius 1 is 0.286 bits per heavy atom. The van der Waals surface area contributed by atoms with Gasteiger partial charge in [-0.2, -0.15) is 63.1 Å². The zero-order valence-corrected chi connectivity index (χ0v) is 47.0. The Balaban J connectivity index is 0.000000207. The number of nitrogens with zero attached hydrogens (tertiary/aromatic N) is 14. The summed E-state index contributed by atoms with van der Waals surface area (Å²) in [6, 6.07) is 70.7. The summed E-state index contributed by atoms with van der Waals surface area (Å²) in [5, 5.41) is 112. The zero-order chi connectivity index (χ0) is 60.1. The van der Waals surface area contributed by atoms with Gasteiger partial charge in [0.2, 0.25) is 0 Å². The van der Waals surface area contributed by atoms with Crippen LogP contribution in [0.25, 0.3) is 76.0 Å². The van der Waals surface area contributed by atoms with Gasteiger partial charge in [0, 0.05) is 30.9 Å². The summed E-state index contributed by atoms with van der Waals surface area (Å²) in [5.74, 6) is 1.70. The molecule has 9 rings (SSSR count). The average molecular weight is 1160 g/mol. The lowest BCUT2D eigenvalue weighted by atomic mass is 10.1. The van der Waals surface area contributed by atoms with Crippen LogP contribution in [0.1, 0.15) is 19.5 Å². The molecule has 0 bridgehead atoms. The van der Waals surface area contributed by atoms with Crippen molar-refractivity contribution in [2.24, 2.45) is 0 Å². The van der Waals surface area contributed by atoms with E-state index in [0.717, 1.165) is 65.2 Å². The van der Waals surface area contributed by atoms with Crippen molar-refractivity contribution in [3.05, 3.63) is 200 Å². The first-order valence-electron chi connectivity index (χ1n) is 24.0. The van der Waals surface area contributed by atoms with Crippen molar-refractivity contribution >= 4 is 67.6 Å². The van der Waals surface area contributed by atoms with E-state index in [1.54, 1.807) is 87.0 Å². The van der Waals surface area contributed by atoms with Crippen molar-refractivity contribution in [3.8, 4) is 138 Å². The fourth-order valence-electron chi connectivity index (χ4n) is 7.99. The number of para-hydroxylation sites is 2. The zero-order valence-electron chi connectivity index (χ0n) is 43.7. The van der Waals surface area contributed by atoms with Crippen LogP contribution in [0.3, 0.4) is 0 Å². The maximum absolute atomic E-state index is 9.55. The number of allylic oxidation sites excluding steroid dienone is 8. The Morgan fingerprint density at radius 3 is 0.702 bits per heavy atom. The number of rotatable bonds is 12. The number of thiophene rings is 4. The molecule has 6 heterocycles. The van der Waals surface area contributed by atoms with E-state index in [1.165, 1.54) is 45.3 Å². The monoisotopic (exact) mass is 1160 g/mol. The van der Waals surface area contributed by atoms with E-state index in [9.17, 15) is 63.1 Å². The summed E-state index contributed by atoms with van der Waals surface area (Å²) in [6.07, 6.45) is 0. The molecular weight excluding hydrogens is 1130 g/mol. The normalized spacial score (nSPS) is 9.40. The second-order valence-electron chi connectivity index (χ2n) is 16.4. The smallest absolute Gasteiger partial charge is 0.148 e. The van der Waals surface area contributed by atoms with Crippen LogP contribution >= 0.6 is 45.3 Å². The molecule has 0 amide bonds. The van der Waals surface area contributed by atoms with E-state index in [0.29, 0.717) is 19.5 Å². The van der Waals surface area contributed by atoms with E-state index in [2.05, 4.69) is 0 Å². The highest BCUT2D eigenvalue weighted by Crippen LogP contribution is 2.43. The molecule has 3 aromatic carbocycles. The highest BCUT2D eigenvalue weighted by molar-refractivity contribution is 7.17. The molecule has 9 aromatic rings. The van der Waals surface area contributed by atoms with E-state index in [-0.39, 0.29) is 44.6 Å². The molecule has 0 unspecified atom stereocenters. The topological polar surface area (TPSA) is 314 Å². The van der Waals surface area contributed by atoms with Gasteiger partial charge in [-0.05, 0) is 121 Å². The van der Waals surface area contributed by atoms with Crippen LogP contribution in [0.5, 0.6) is 11.5 Å². The minimum Gasteiger partial charge on any atom is -0.497 e. The van der Waals surface area contributed by atoms with Gasteiger partial charge >= 0.3 is 0 Å². The molecule has 16 nitrogen and oxygen atoms in total. The van der Waals surface area contributed by atoms with Crippen molar-refractivity contribution in [2.45, 2.75) is 0 Å². The molecule has 0 saturated heterocycles. The molecule has 0 aliphatic carbocycles. The Hall–Kier alpha value is -12.5. The third-order valence-corrected chi connectivity index (χ3v) is 16.3. The molecule has 394 valence electrons. The number of ether oxygens (including phenoxy) is 2. The van der Waals surface area contributed by atoms with E-state index in [4.69, 9.17) is 9.47 Å². The van der Waals surface area contributed by atoms with Gasteiger partial charge in [-0.1, -0.05) is 36.4 Å². The number of hydrogen-bond acceptors (Lipinski definition) is 18. The van der Waals surface area contributed by atoms with Crippen LogP contribution in [0.4, 0.5) is 0 Å². The van der Waals surface area contributed by atoms with Gasteiger partial charge in [0.15, 0.2) is 0 Å². The van der Waals surface area contributed by atoms with Crippen LogP contribution < -0.4 is 9.47 Å². The van der Waals surface area contributed by atoms with Crippen LogP contribution in [-0.2, 0) is 0 Å². The van der Waals surface area contributed by atoms with Gasteiger partial charge in [-0.3, -0.25) is 0 Å². The van der Waals surface area contributed by atoms with Crippen molar-refractivity contribution in [1.29, 1.82) is 63.1 Å². The second kappa shape index (κ2) is 28.4. The molecule has 0 N–H and O–H groups in total. The number of benzene rings is 3. The largest absolute Gasteiger partial charge is 0.497 e. The maximum atomic E-state index is 9.55. The number of aromatic nitrogens is 2. The third kappa shape index (κ3) is 12.8. The van der Waals surface area contributed by atoms with Crippen LogP contribution in [-0.4, -0.2) is 23.4 Å². The van der Waals surface area contributed by atoms with E-state index >= 15 is 0 Å². The predicted octanol–water partition coefficient (Wildman–Crippen LogP) is 14.9. The first-order chi connectivity index (χ1) is 41.0. The molecule has 6 aromatic heterocycles. The first kappa shape index (κ1) is 59.1. The Labute approximate surface area is 498 Å². The lowest BCUT2D eigenvalue weighted by Gasteiger charge is -2.12. The molecule has 0 spiro atoms. The SMILES string of the molecule is COc1ccc(OC)cc1.N#CC(C#N)=C(C#N)c1ccc(-c2ccc(-c3ccc(C(C#N)=C(C#N)C#N)s3)n2-c2ccccc2)s1.N#CC(C#N)=C(C#N)c1ccc(-c2ccc(-c3ccc(C(C#N)=C(C#N)C#N)s3)n2-c2ccccc2)s1. The van der Waals surface area contributed by atoms with Crippen molar-refractivity contribution in [3.63, 3.8) is 0 Å². The fourth-order valence-corrected chi connectivity index (χ4v) is 12.1. The van der Waals surface area contributed by atoms with Crippen LogP contribution in [0, 0.1) is 136 Å². The Bertz CT molecular complexity index is 4070. The molecule has 0 radical (unpaired) electrons. The van der Waals surface area contributed by atoms with E-state index < -0.39 is 0 Å². The maximum Gasteiger partial charge on any atom is 0.148 e. The van der Waals surface area contributed by atoms with Gasteiger partial charge in [-0.25, -0.2) is 0 Å². The van der Waals surface area contributed by atoms with Gasteiger partial charge in [0.25, 0.3) is 0 Å². The number of methoxy groups -OCH3 is 2. The van der Waals surface area contributed by atoms with Crippen molar-refractivity contribution in [2.75, 3.05) is 14.2 Å². The minimum atomic E-state index is -0.239. The fraction of sp³-hybridized carbons (Fsp3) is 0.0312. The summed E-state index contributed by atoms with van der Waals surface area (Å²) < 4.78 is 14.0. The van der Waals surface area contributed by atoms with Crippen molar-refractivity contribution < 1.29 is 9.47 Å². The molecule has 0 fully saturated rings. The van der Waals surface area contributed by atoms with E-state index in [1.807, 2.05) is 167 Å². The lowest BCUT2D eigenvalue weighted by molar-refractivity contribution is 0.403. The molecule has 20 heteroatoms. The van der Waals surface area contributed by atoms with Gasteiger partial charge in [0.1, 0.15) is 107 Å². The van der Waals surface area contributed by atoms with Gasteiger partial charge < -0.3 is 18.6 Å². The highest BCUT2D eigenvalue weighted by atomic mass is 32.1. The molecule has 0 atom stereocenters. The predicted molar refractivity (Wildman–Crippen MR) is 319 cm³/mol. The summed E-state index contributed by atoms with van der Waals surface area (Å²) in [6.45, 7) is 0. The summed E-state index contributed by atoms with van der Waals surface area (Å²) in [4.78, 5) is 5.33. The molecule has 0 aliphatic heterocycles. The Morgan fingerprint density at radius 2 is 0.512 bits per heavy atom. The number of hydrogen-bond donors (Lipinski definition) is 0. The van der Waals surface area contributed by atoms with Gasteiger partial charge in [-0.15, -0.1) is 45.3 Å². The Kier molecular flexibility index (Phi) is 20.0. The molecule has 0 aliphatic rings. The third-order valence-electron chi connectivity index (χ3n) is 11.8. The van der Waals surface area contributed by atoms with Crippen LogP contribution in [0.2, 0.25) is 0 Å². The molecule has 0 saturated carbocycles. The standard InChI is InChI=1S/2C28H11N7S2.C8H10O2/c2*29-12-18(13-30)21(16-33)25-8-10-27(36-25)23-6-7-24(35(23)20-4-2-1-3-5-20)28-11-9-26(37-28)22(17-34)19(14-31)15-32;1-9-7-3-5-8(10-2)6-4-7/h2*1-11H;3-6H,1-2H3. The van der Waals surface area contributed by atoms with Crippen LogP contribution in [0.15, 0.2) is 180 Å². The molecular formula is C64H32N14O2S4. The quantitative estimate of drug-likeness (QED) is 0.103. The first-order valence-corrected chi connectivity index (χ1v) is 27.3. The second-order valence-corrected chi connectivity index (χ2v) is 20.8. The molecule has 84 heavy (non-hydrogen) atoms. The minimum absolute atomic E-state index is 0.0313. The number of nitriles is 12. The van der Waals surface area contributed by atoms with Crippen molar-refractivity contribution in [1.82, 2.24) is 9.13 Å². The summed E-state index contributed by atoms with van der Waals surface area (Å²) in [5.41, 5.74) is 4.22. The highest BCUT2D eigenvalue weighted by Gasteiger charge is 2.22.